The van der Waals surface area contributed by atoms with Crippen LogP contribution in [0.15, 0.2) is 12.7 Å². The van der Waals surface area contributed by atoms with Crippen LogP contribution < -0.4 is 5.32 Å². The Balaban J connectivity index is 0. The maximum absolute atomic E-state index is 10.2. The fourth-order valence-electron chi connectivity index (χ4n) is 0.235. The molecule has 4 nitrogen and oxygen atoms in total. The number of nitrogens with one attached hydrogen (secondary N) is 1. The molecule has 0 unspecified atom stereocenters. The topological polar surface area (TPSA) is 66.4 Å². The summed E-state index contributed by atoms with van der Waals surface area (Å²) in [6, 6.07) is 0. The zero-order valence-corrected chi connectivity index (χ0v) is 4.76. The molecule has 5 heteroatoms. The molecule has 1 amide bonds. The van der Waals surface area contributed by atoms with Crippen LogP contribution in [0.4, 0.5) is 0 Å². The third-order valence-electron chi connectivity index (χ3n) is 0.599. The Morgan fingerprint density at radius 2 is 2.10 bits per heavy atom. The second-order valence-corrected chi connectivity index (χ2v) is 1.32. The molecule has 0 atom stereocenters. The van der Waals surface area contributed by atoms with E-state index >= 15 is 0 Å². The normalized spacial score (nSPS) is 7.20. The quantitative estimate of drug-likeness (QED) is 0.392. The predicted molar refractivity (Wildman–Crippen MR) is 38.0 cm³/mol. The van der Waals surface area contributed by atoms with Crippen LogP contribution in [0.5, 0.6) is 0 Å². The van der Waals surface area contributed by atoms with Crippen LogP contribution in [0, 0.1) is 0 Å². The second-order valence-electron chi connectivity index (χ2n) is 1.32. The Bertz CT molecular complexity index is 146. The molecule has 0 aromatic heterocycles. The van der Waals surface area contributed by atoms with Crippen molar-refractivity contribution < 1.29 is 14.7 Å². The Labute approximate surface area is 80.6 Å². The van der Waals surface area contributed by atoms with Gasteiger partial charge in [-0.1, -0.05) is 6.58 Å². The summed E-state index contributed by atoms with van der Waals surface area (Å²) in [5.41, 5.74) is 0. The van der Waals surface area contributed by atoms with Crippen molar-refractivity contribution in [3.63, 3.8) is 0 Å². The van der Waals surface area contributed by atoms with Crippen LogP contribution in [0.25, 0.3) is 0 Å². The molecule has 0 aromatic carbocycles. The Morgan fingerprint density at radius 1 is 1.60 bits per heavy atom. The fraction of sp³-hybridized carbons (Fsp3) is 0.200. The fourth-order valence-corrected chi connectivity index (χ4v) is 0.235. The first kappa shape index (κ1) is 12.4. The van der Waals surface area contributed by atoms with Gasteiger partial charge in [0.25, 0.3) is 0 Å². The SMILES string of the molecule is C=CC(=O)NCC(=O)O.[NaH]. The van der Waals surface area contributed by atoms with E-state index in [0.717, 1.165) is 6.08 Å². The molecule has 0 saturated carbocycles. The third-order valence-corrected chi connectivity index (χ3v) is 0.599. The van der Waals surface area contributed by atoms with Gasteiger partial charge in [-0.25, -0.2) is 0 Å². The van der Waals surface area contributed by atoms with Crippen molar-refractivity contribution in [2.75, 3.05) is 6.54 Å². The summed E-state index contributed by atoms with van der Waals surface area (Å²) in [6.45, 7) is 2.78. The van der Waals surface area contributed by atoms with Crippen LogP contribution >= 0.6 is 0 Å². The Kier molecular flexibility index (Phi) is 8.40. The number of aliphatic carboxylic acids is 1. The Morgan fingerprint density at radius 3 is 2.40 bits per heavy atom. The molecule has 0 aliphatic rings. The van der Waals surface area contributed by atoms with Gasteiger partial charge in [-0.3, -0.25) is 9.59 Å². The molecule has 0 rings (SSSR count). The van der Waals surface area contributed by atoms with Gasteiger partial charge in [-0.15, -0.1) is 0 Å². The van der Waals surface area contributed by atoms with Crippen molar-refractivity contribution in [3.05, 3.63) is 12.7 Å². The van der Waals surface area contributed by atoms with Crippen molar-refractivity contribution in [1.82, 2.24) is 5.32 Å². The average molecular weight is 153 g/mol. The van der Waals surface area contributed by atoms with Gasteiger partial charge >= 0.3 is 35.5 Å². The van der Waals surface area contributed by atoms with Crippen molar-refractivity contribution in [1.29, 1.82) is 0 Å². The molecule has 10 heavy (non-hydrogen) atoms. The van der Waals surface area contributed by atoms with Gasteiger partial charge in [0.2, 0.25) is 5.91 Å². The van der Waals surface area contributed by atoms with Crippen LogP contribution in [0.2, 0.25) is 0 Å². The zero-order valence-electron chi connectivity index (χ0n) is 4.76. The summed E-state index contributed by atoms with van der Waals surface area (Å²) in [7, 11) is 0. The van der Waals surface area contributed by atoms with E-state index in [1.807, 2.05) is 0 Å². The molecule has 0 aliphatic heterocycles. The summed E-state index contributed by atoms with van der Waals surface area (Å²) in [5, 5.41) is 10.1. The molecule has 0 aromatic rings. The number of carboxylic acids is 1. The molecule has 0 spiro atoms. The summed E-state index contributed by atoms with van der Waals surface area (Å²) >= 11 is 0. The molecular formula is C5H8NNaO3. The van der Waals surface area contributed by atoms with E-state index in [2.05, 4.69) is 11.9 Å². The number of amides is 1. The monoisotopic (exact) mass is 153 g/mol. The average Bonchev–Trinajstić information content (AvgIpc) is 1.83. The molecule has 0 aliphatic carbocycles. The number of carbonyl (C=O) groups excluding carboxylic acids is 1. The van der Waals surface area contributed by atoms with Gasteiger partial charge in [0, 0.05) is 0 Å². The number of hydrogen-bond donors (Lipinski definition) is 2. The minimum absolute atomic E-state index is 0. The van der Waals surface area contributed by atoms with E-state index in [1.54, 1.807) is 0 Å². The molecule has 0 radical (unpaired) electrons. The minimum atomic E-state index is -1.06. The van der Waals surface area contributed by atoms with Crippen molar-refractivity contribution in [3.8, 4) is 0 Å². The van der Waals surface area contributed by atoms with E-state index in [4.69, 9.17) is 5.11 Å². The van der Waals surface area contributed by atoms with E-state index in [0.29, 0.717) is 0 Å². The molecule has 0 heterocycles. The first-order valence-electron chi connectivity index (χ1n) is 2.29. The van der Waals surface area contributed by atoms with Crippen molar-refractivity contribution in [2.24, 2.45) is 0 Å². The number of carbonyl (C=O) groups is 2. The van der Waals surface area contributed by atoms with Crippen LogP contribution in [0.1, 0.15) is 0 Å². The summed E-state index contributed by atoms with van der Waals surface area (Å²) in [5.74, 6) is -1.54. The van der Waals surface area contributed by atoms with Gasteiger partial charge in [-0.2, -0.15) is 0 Å². The van der Waals surface area contributed by atoms with Gasteiger partial charge < -0.3 is 10.4 Å². The number of carboxylic acid groups (broad SMARTS) is 1. The third kappa shape index (κ3) is 7.68. The van der Waals surface area contributed by atoms with E-state index in [9.17, 15) is 9.59 Å². The first-order valence-corrected chi connectivity index (χ1v) is 2.29. The predicted octanol–water partition coefficient (Wildman–Crippen LogP) is -1.28. The molecule has 2 N–H and O–H groups in total. The standard InChI is InChI=1S/C5H7NO3.Na.H/c1-2-4(7)6-3-5(8)9;;/h2H,1,3H2,(H,6,7)(H,8,9);;. The van der Waals surface area contributed by atoms with Gasteiger partial charge in [-0.05, 0) is 6.08 Å². The van der Waals surface area contributed by atoms with E-state index in [-0.39, 0.29) is 36.1 Å². The van der Waals surface area contributed by atoms with Crippen LogP contribution in [0.3, 0.4) is 0 Å². The molecule has 0 bridgehead atoms. The zero-order chi connectivity index (χ0) is 7.28. The second kappa shape index (κ2) is 6.80. The van der Waals surface area contributed by atoms with Crippen LogP contribution in [-0.4, -0.2) is 53.1 Å². The molecule has 0 fully saturated rings. The first-order chi connectivity index (χ1) is 4.16. The Hall–Kier alpha value is -0.320. The van der Waals surface area contributed by atoms with E-state index in [1.165, 1.54) is 0 Å². The summed E-state index contributed by atoms with van der Waals surface area (Å²) < 4.78 is 0. The number of hydrogen-bond acceptors (Lipinski definition) is 2. The molecular weight excluding hydrogens is 145 g/mol. The van der Waals surface area contributed by atoms with Crippen LogP contribution in [-0.2, 0) is 9.59 Å². The summed E-state index contributed by atoms with van der Waals surface area (Å²) in [6.07, 6.45) is 1.02. The molecule has 0 saturated heterocycles. The van der Waals surface area contributed by atoms with Crippen molar-refractivity contribution in [2.45, 2.75) is 0 Å². The van der Waals surface area contributed by atoms with Gasteiger partial charge in [0.15, 0.2) is 0 Å². The van der Waals surface area contributed by atoms with E-state index < -0.39 is 11.9 Å². The van der Waals surface area contributed by atoms with Gasteiger partial charge in [0.05, 0.1) is 0 Å². The maximum atomic E-state index is 10.2. The number of rotatable bonds is 3. The van der Waals surface area contributed by atoms with Crippen molar-refractivity contribution >= 4 is 41.4 Å². The van der Waals surface area contributed by atoms with Gasteiger partial charge in [0.1, 0.15) is 6.54 Å². The molecule has 52 valence electrons. The summed E-state index contributed by atoms with van der Waals surface area (Å²) in [4.78, 5) is 20.0.